The topological polar surface area (TPSA) is 59.5 Å². The highest BCUT2D eigenvalue weighted by Gasteiger charge is 2.34. The van der Waals surface area contributed by atoms with Crippen LogP contribution < -0.4 is 4.74 Å². The molecule has 3 rings (SSSR count). The molecule has 0 fully saturated rings. The minimum atomic E-state index is -3.97. The molecule has 0 saturated heterocycles. The molecule has 1 unspecified atom stereocenters. The zero-order chi connectivity index (χ0) is 20.3. The minimum absolute atomic E-state index is 0.0197. The number of ether oxygens (including phenoxy) is 1. The molecule has 0 saturated carbocycles. The predicted octanol–water partition coefficient (Wildman–Crippen LogP) is 4.92. The summed E-state index contributed by atoms with van der Waals surface area (Å²) < 4.78 is 34.2. The average Bonchev–Trinajstić information content (AvgIpc) is 2.69. The Kier molecular flexibility index (Phi) is 6.40. The van der Waals surface area contributed by atoms with Gasteiger partial charge < -0.3 is 4.74 Å². The fourth-order valence-corrected chi connectivity index (χ4v) is 5.65. The van der Waals surface area contributed by atoms with Crippen LogP contribution in [0.25, 0.3) is 0 Å². The van der Waals surface area contributed by atoms with Crippen molar-refractivity contribution in [2.75, 3.05) is 14.2 Å². The lowest BCUT2D eigenvalue weighted by molar-refractivity contribution is 0.386. The Morgan fingerprint density at radius 3 is 2.39 bits per heavy atom. The summed E-state index contributed by atoms with van der Waals surface area (Å²) in [4.78, 5) is 4.37. The summed E-state index contributed by atoms with van der Waals surface area (Å²) in [6.07, 6.45) is 1.64. The van der Waals surface area contributed by atoms with E-state index < -0.39 is 16.1 Å². The number of hydrogen-bond acceptors (Lipinski definition) is 4. The second-order valence-corrected chi connectivity index (χ2v) is 9.26. The molecule has 0 aliphatic carbocycles. The van der Waals surface area contributed by atoms with E-state index in [9.17, 15) is 8.42 Å². The SMILES string of the molecule is COc1c(Br)cc(Cl)cc1S(=O)(=O)N(C)C(c1ccccc1)c1ccccn1. The predicted molar refractivity (Wildman–Crippen MR) is 113 cm³/mol. The maximum Gasteiger partial charge on any atom is 0.247 e. The first-order chi connectivity index (χ1) is 13.4. The summed E-state index contributed by atoms with van der Waals surface area (Å²) in [5, 5.41) is 0.286. The van der Waals surface area contributed by atoms with Gasteiger partial charge in [-0.3, -0.25) is 4.98 Å². The molecule has 0 aliphatic heterocycles. The third kappa shape index (κ3) is 4.07. The van der Waals surface area contributed by atoms with Crippen molar-refractivity contribution in [3.63, 3.8) is 0 Å². The summed E-state index contributed by atoms with van der Waals surface area (Å²) in [6.45, 7) is 0. The number of sulfonamides is 1. The molecule has 2 aromatic carbocycles. The van der Waals surface area contributed by atoms with Crippen molar-refractivity contribution >= 4 is 37.6 Å². The fourth-order valence-electron chi connectivity index (χ4n) is 2.96. The van der Waals surface area contributed by atoms with Crippen molar-refractivity contribution in [2.45, 2.75) is 10.9 Å². The first kappa shape index (κ1) is 20.8. The molecule has 0 radical (unpaired) electrons. The number of rotatable bonds is 6. The highest BCUT2D eigenvalue weighted by atomic mass is 79.9. The van der Waals surface area contributed by atoms with Gasteiger partial charge in [0.25, 0.3) is 0 Å². The number of benzene rings is 2. The molecule has 5 nitrogen and oxygen atoms in total. The number of halogens is 2. The van der Waals surface area contributed by atoms with Crippen LogP contribution in [0.2, 0.25) is 5.02 Å². The van der Waals surface area contributed by atoms with Crippen LogP contribution >= 0.6 is 27.5 Å². The van der Waals surface area contributed by atoms with Gasteiger partial charge in [0.15, 0.2) is 5.75 Å². The third-order valence-electron chi connectivity index (χ3n) is 4.28. The Hall–Kier alpha value is -1.93. The van der Waals surface area contributed by atoms with Gasteiger partial charge >= 0.3 is 0 Å². The van der Waals surface area contributed by atoms with Gasteiger partial charge in [0.05, 0.1) is 23.3 Å². The standard InChI is InChI=1S/C20H18BrClN2O3S/c1-24(28(25,26)18-13-15(22)12-16(21)20(18)27-2)19(14-8-4-3-5-9-14)17-10-6-7-11-23-17/h3-13,19H,1-2H3. The number of hydrogen-bond donors (Lipinski definition) is 0. The van der Waals surface area contributed by atoms with Gasteiger partial charge in [0, 0.05) is 18.3 Å². The smallest absolute Gasteiger partial charge is 0.247 e. The summed E-state index contributed by atoms with van der Waals surface area (Å²) in [6, 6.07) is 17.1. The van der Waals surface area contributed by atoms with Crippen LogP contribution in [0.3, 0.4) is 0 Å². The van der Waals surface area contributed by atoms with E-state index in [-0.39, 0.29) is 15.7 Å². The first-order valence-corrected chi connectivity index (χ1v) is 10.9. The van der Waals surface area contributed by atoms with Crippen LogP contribution in [0.1, 0.15) is 17.3 Å². The average molecular weight is 482 g/mol. The van der Waals surface area contributed by atoms with Crippen molar-refractivity contribution in [1.29, 1.82) is 0 Å². The van der Waals surface area contributed by atoms with Gasteiger partial charge in [-0.05, 0) is 45.8 Å². The van der Waals surface area contributed by atoms with Crippen LogP contribution in [0.5, 0.6) is 5.75 Å². The van der Waals surface area contributed by atoms with E-state index in [1.807, 2.05) is 36.4 Å². The fraction of sp³-hybridized carbons (Fsp3) is 0.150. The molecule has 8 heteroatoms. The van der Waals surface area contributed by atoms with Crippen molar-refractivity contribution < 1.29 is 13.2 Å². The Morgan fingerprint density at radius 2 is 1.79 bits per heavy atom. The number of pyridine rings is 1. The van der Waals surface area contributed by atoms with Crippen molar-refractivity contribution in [3.05, 3.63) is 87.6 Å². The Labute approximate surface area is 178 Å². The van der Waals surface area contributed by atoms with E-state index in [1.165, 1.54) is 24.5 Å². The molecule has 146 valence electrons. The van der Waals surface area contributed by atoms with Crippen molar-refractivity contribution in [2.24, 2.45) is 0 Å². The number of nitrogens with zero attached hydrogens (tertiary/aromatic N) is 2. The second-order valence-electron chi connectivity index (χ2n) is 6.01. The summed E-state index contributed by atoms with van der Waals surface area (Å²) >= 11 is 9.44. The second kappa shape index (κ2) is 8.61. The zero-order valence-corrected chi connectivity index (χ0v) is 18.4. The molecule has 0 amide bonds. The van der Waals surface area contributed by atoms with Gasteiger partial charge in [-0.15, -0.1) is 0 Å². The molecule has 1 aromatic heterocycles. The zero-order valence-electron chi connectivity index (χ0n) is 15.2. The number of aromatic nitrogens is 1. The summed E-state index contributed by atoms with van der Waals surface area (Å²) in [5.41, 5.74) is 1.41. The molecule has 0 aliphatic rings. The van der Waals surface area contributed by atoms with E-state index in [4.69, 9.17) is 16.3 Å². The highest BCUT2D eigenvalue weighted by Crippen LogP contribution is 2.39. The lowest BCUT2D eigenvalue weighted by atomic mass is 10.0. The van der Waals surface area contributed by atoms with Gasteiger partial charge in [0.2, 0.25) is 10.0 Å². The highest BCUT2D eigenvalue weighted by molar-refractivity contribution is 9.10. The molecule has 1 atom stereocenters. The van der Waals surface area contributed by atoms with Crippen LogP contribution in [0.15, 0.2) is 76.2 Å². The molecule has 28 heavy (non-hydrogen) atoms. The van der Waals surface area contributed by atoms with E-state index in [0.29, 0.717) is 10.2 Å². The summed E-state index contributed by atoms with van der Waals surface area (Å²) in [5.74, 6) is 0.198. The lowest BCUT2D eigenvalue weighted by Gasteiger charge is -2.28. The normalized spacial score (nSPS) is 12.8. The lowest BCUT2D eigenvalue weighted by Crippen LogP contribution is -2.33. The molecule has 0 N–H and O–H groups in total. The van der Waals surface area contributed by atoms with Gasteiger partial charge in [-0.25, -0.2) is 8.42 Å². The quantitative estimate of drug-likeness (QED) is 0.502. The molecular formula is C20H18BrClN2O3S. The Bertz CT molecular complexity index is 1020. The monoisotopic (exact) mass is 480 g/mol. The number of methoxy groups -OCH3 is 1. The summed E-state index contributed by atoms with van der Waals surface area (Å²) in [7, 11) is -1.03. The molecule has 0 bridgehead atoms. The van der Waals surface area contributed by atoms with Gasteiger partial charge in [0.1, 0.15) is 4.90 Å². The van der Waals surface area contributed by atoms with Crippen LogP contribution in [0, 0.1) is 0 Å². The third-order valence-corrected chi connectivity index (χ3v) is 6.92. The van der Waals surface area contributed by atoms with Crippen molar-refractivity contribution in [1.82, 2.24) is 9.29 Å². The maximum absolute atomic E-state index is 13.5. The van der Waals surface area contributed by atoms with E-state index in [0.717, 1.165) is 5.56 Å². The van der Waals surface area contributed by atoms with Crippen LogP contribution in [0.4, 0.5) is 0 Å². The van der Waals surface area contributed by atoms with Gasteiger partial charge in [-0.1, -0.05) is 48.0 Å². The van der Waals surface area contributed by atoms with Crippen LogP contribution in [-0.4, -0.2) is 31.9 Å². The minimum Gasteiger partial charge on any atom is -0.494 e. The molecular weight excluding hydrogens is 464 g/mol. The largest absolute Gasteiger partial charge is 0.494 e. The molecule has 3 aromatic rings. The Balaban J connectivity index is 2.17. The molecule has 1 heterocycles. The van der Waals surface area contributed by atoms with E-state index in [1.54, 1.807) is 24.4 Å². The van der Waals surface area contributed by atoms with Crippen molar-refractivity contribution in [3.8, 4) is 5.75 Å². The molecule has 0 spiro atoms. The van der Waals surface area contributed by atoms with E-state index >= 15 is 0 Å². The van der Waals surface area contributed by atoms with Crippen LogP contribution in [-0.2, 0) is 10.0 Å². The Morgan fingerprint density at radius 1 is 1.11 bits per heavy atom. The van der Waals surface area contributed by atoms with E-state index in [2.05, 4.69) is 20.9 Å². The van der Waals surface area contributed by atoms with Gasteiger partial charge in [-0.2, -0.15) is 4.31 Å². The first-order valence-electron chi connectivity index (χ1n) is 8.33. The maximum atomic E-state index is 13.5.